The third-order valence-corrected chi connectivity index (χ3v) is 3.73. The summed E-state index contributed by atoms with van der Waals surface area (Å²) in [6.07, 6.45) is 3.95. The van der Waals surface area contributed by atoms with Crippen molar-refractivity contribution in [2.24, 2.45) is 0 Å². The van der Waals surface area contributed by atoms with Crippen LogP contribution in [-0.2, 0) is 19.4 Å². The van der Waals surface area contributed by atoms with E-state index < -0.39 is 6.61 Å². The van der Waals surface area contributed by atoms with Gasteiger partial charge in [-0.25, -0.2) is 4.68 Å². The van der Waals surface area contributed by atoms with Gasteiger partial charge in [0.15, 0.2) is 0 Å². The topological polar surface area (TPSA) is 44.1 Å². The lowest BCUT2D eigenvalue weighted by Gasteiger charge is -2.16. The summed E-state index contributed by atoms with van der Waals surface area (Å²) < 4.78 is 30.2. The van der Waals surface area contributed by atoms with Crippen LogP contribution in [0.15, 0.2) is 35.1 Å². The van der Waals surface area contributed by atoms with Crippen molar-refractivity contribution in [1.82, 2.24) is 9.78 Å². The molecule has 1 aliphatic rings. The molecule has 4 nitrogen and oxygen atoms in total. The fourth-order valence-corrected chi connectivity index (χ4v) is 2.71. The van der Waals surface area contributed by atoms with Crippen molar-refractivity contribution in [1.29, 1.82) is 0 Å². The standard InChI is InChI=1S/C16H16F2N2O2/c17-16(18)22-13-6-3-4-11(8-13)10-20-15(21)9-12-5-1-2-7-14(12)19-20/h3-4,6,8-9,16H,1-2,5,7,10H2. The Hall–Kier alpha value is -2.24. The van der Waals surface area contributed by atoms with E-state index in [4.69, 9.17) is 0 Å². The zero-order chi connectivity index (χ0) is 15.5. The minimum Gasteiger partial charge on any atom is -0.435 e. The van der Waals surface area contributed by atoms with E-state index in [9.17, 15) is 13.6 Å². The summed E-state index contributed by atoms with van der Waals surface area (Å²) >= 11 is 0. The van der Waals surface area contributed by atoms with Crippen LogP contribution in [0.4, 0.5) is 8.78 Å². The monoisotopic (exact) mass is 306 g/mol. The van der Waals surface area contributed by atoms with E-state index in [0.29, 0.717) is 5.56 Å². The number of halogens is 2. The normalized spacial score (nSPS) is 14.0. The summed E-state index contributed by atoms with van der Waals surface area (Å²) in [5, 5.41) is 4.41. The minimum absolute atomic E-state index is 0.0820. The van der Waals surface area contributed by atoms with Crippen LogP contribution < -0.4 is 10.3 Å². The van der Waals surface area contributed by atoms with Gasteiger partial charge in [0, 0.05) is 6.07 Å². The fraction of sp³-hybridized carbons (Fsp3) is 0.375. The molecule has 0 amide bonds. The second-order valence-corrected chi connectivity index (χ2v) is 5.35. The Bertz CT molecular complexity index is 728. The highest BCUT2D eigenvalue weighted by atomic mass is 19.3. The van der Waals surface area contributed by atoms with E-state index in [1.165, 1.54) is 16.8 Å². The van der Waals surface area contributed by atoms with Crippen LogP contribution in [0.25, 0.3) is 0 Å². The fourth-order valence-electron chi connectivity index (χ4n) is 2.71. The summed E-state index contributed by atoms with van der Waals surface area (Å²) in [5.41, 5.74) is 2.53. The lowest BCUT2D eigenvalue weighted by atomic mass is 9.97. The van der Waals surface area contributed by atoms with Crippen molar-refractivity contribution >= 4 is 0 Å². The Morgan fingerprint density at radius 1 is 1.23 bits per heavy atom. The molecule has 1 aromatic heterocycles. The number of hydrogen-bond donors (Lipinski definition) is 0. The Labute approximate surface area is 126 Å². The van der Waals surface area contributed by atoms with Gasteiger partial charge in [0.1, 0.15) is 5.75 Å². The number of hydrogen-bond acceptors (Lipinski definition) is 3. The van der Waals surface area contributed by atoms with Gasteiger partial charge in [-0.15, -0.1) is 0 Å². The number of aryl methyl sites for hydroxylation is 2. The van der Waals surface area contributed by atoms with E-state index in [-0.39, 0.29) is 17.9 Å². The number of rotatable bonds is 4. The van der Waals surface area contributed by atoms with Gasteiger partial charge in [0.05, 0.1) is 12.2 Å². The SMILES string of the molecule is O=c1cc2c(nn1Cc1cccc(OC(F)F)c1)CCCC2. The molecule has 3 rings (SSSR count). The van der Waals surface area contributed by atoms with E-state index in [1.807, 2.05) is 0 Å². The minimum atomic E-state index is -2.86. The van der Waals surface area contributed by atoms with Gasteiger partial charge in [0.25, 0.3) is 5.56 Å². The smallest absolute Gasteiger partial charge is 0.387 e. The van der Waals surface area contributed by atoms with Crippen molar-refractivity contribution < 1.29 is 13.5 Å². The number of alkyl halides is 2. The predicted molar refractivity (Wildman–Crippen MR) is 77.3 cm³/mol. The van der Waals surface area contributed by atoms with E-state index in [0.717, 1.165) is 36.9 Å². The molecule has 0 saturated heterocycles. The first kappa shape index (κ1) is 14.7. The molecular weight excluding hydrogens is 290 g/mol. The summed E-state index contributed by atoms with van der Waals surface area (Å²) in [7, 11) is 0. The Balaban J connectivity index is 1.85. The summed E-state index contributed by atoms with van der Waals surface area (Å²) in [4.78, 5) is 12.1. The van der Waals surface area contributed by atoms with E-state index in [2.05, 4.69) is 9.84 Å². The highest BCUT2D eigenvalue weighted by molar-refractivity contribution is 5.29. The molecule has 6 heteroatoms. The van der Waals surface area contributed by atoms with Crippen LogP contribution in [0, 0.1) is 0 Å². The first-order valence-electron chi connectivity index (χ1n) is 7.25. The second-order valence-electron chi connectivity index (χ2n) is 5.35. The van der Waals surface area contributed by atoms with Crippen LogP contribution in [-0.4, -0.2) is 16.4 Å². The predicted octanol–water partition coefficient (Wildman–Crippen LogP) is 2.77. The molecule has 22 heavy (non-hydrogen) atoms. The van der Waals surface area contributed by atoms with Gasteiger partial charge in [-0.2, -0.15) is 13.9 Å². The van der Waals surface area contributed by atoms with Crippen molar-refractivity contribution in [3.63, 3.8) is 0 Å². The number of benzene rings is 1. The first-order valence-corrected chi connectivity index (χ1v) is 7.25. The van der Waals surface area contributed by atoms with Crippen LogP contribution >= 0.6 is 0 Å². The van der Waals surface area contributed by atoms with E-state index in [1.54, 1.807) is 18.2 Å². The lowest BCUT2D eigenvalue weighted by molar-refractivity contribution is -0.0498. The van der Waals surface area contributed by atoms with Gasteiger partial charge in [-0.1, -0.05) is 12.1 Å². The molecule has 1 aliphatic carbocycles. The second kappa shape index (κ2) is 6.25. The zero-order valence-corrected chi connectivity index (χ0v) is 12.0. The molecule has 0 aliphatic heterocycles. The van der Waals surface area contributed by atoms with Crippen LogP contribution in [0.1, 0.15) is 29.7 Å². The van der Waals surface area contributed by atoms with Crippen LogP contribution in [0.3, 0.4) is 0 Å². The average Bonchev–Trinajstić information content (AvgIpc) is 2.48. The van der Waals surface area contributed by atoms with Crippen molar-refractivity contribution in [3.05, 3.63) is 57.5 Å². The first-order chi connectivity index (χ1) is 10.6. The molecule has 0 unspecified atom stereocenters. The van der Waals surface area contributed by atoms with Crippen molar-refractivity contribution in [2.45, 2.75) is 38.8 Å². The molecule has 0 spiro atoms. The molecular formula is C16H16F2N2O2. The molecule has 1 heterocycles. The van der Waals surface area contributed by atoms with Gasteiger partial charge < -0.3 is 4.74 Å². The quantitative estimate of drug-likeness (QED) is 0.872. The molecule has 0 atom stereocenters. The van der Waals surface area contributed by atoms with Gasteiger partial charge in [-0.3, -0.25) is 4.79 Å². The maximum Gasteiger partial charge on any atom is 0.387 e. The van der Waals surface area contributed by atoms with Gasteiger partial charge in [-0.05, 0) is 48.9 Å². The lowest BCUT2D eigenvalue weighted by Crippen LogP contribution is -2.26. The third-order valence-electron chi connectivity index (χ3n) is 3.73. The summed E-state index contributed by atoms with van der Waals surface area (Å²) in [6.45, 7) is -2.62. The molecule has 1 aromatic carbocycles. The molecule has 0 bridgehead atoms. The van der Waals surface area contributed by atoms with E-state index >= 15 is 0 Å². The molecule has 0 saturated carbocycles. The van der Waals surface area contributed by atoms with Crippen LogP contribution in [0.2, 0.25) is 0 Å². The Morgan fingerprint density at radius 2 is 2.05 bits per heavy atom. The third kappa shape index (κ3) is 3.32. The maximum absolute atomic E-state index is 12.2. The Kier molecular flexibility index (Phi) is 4.18. The van der Waals surface area contributed by atoms with Gasteiger partial charge >= 0.3 is 6.61 Å². The van der Waals surface area contributed by atoms with Crippen molar-refractivity contribution in [2.75, 3.05) is 0 Å². The highest BCUT2D eigenvalue weighted by Gasteiger charge is 2.13. The molecule has 0 N–H and O–H groups in total. The Morgan fingerprint density at radius 3 is 2.86 bits per heavy atom. The average molecular weight is 306 g/mol. The molecule has 116 valence electrons. The van der Waals surface area contributed by atoms with Crippen LogP contribution in [0.5, 0.6) is 5.75 Å². The highest BCUT2D eigenvalue weighted by Crippen LogP contribution is 2.18. The molecule has 0 radical (unpaired) electrons. The summed E-state index contributed by atoms with van der Waals surface area (Å²) in [5.74, 6) is 0.0820. The number of nitrogens with zero attached hydrogens (tertiary/aromatic N) is 2. The largest absolute Gasteiger partial charge is 0.435 e. The molecule has 2 aromatic rings. The van der Waals surface area contributed by atoms with Gasteiger partial charge in [0.2, 0.25) is 0 Å². The number of ether oxygens (including phenoxy) is 1. The van der Waals surface area contributed by atoms with Crippen molar-refractivity contribution in [3.8, 4) is 5.75 Å². The number of fused-ring (bicyclic) bond motifs is 1. The zero-order valence-electron chi connectivity index (χ0n) is 12.0. The number of aromatic nitrogens is 2. The summed E-state index contributed by atoms with van der Waals surface area (Å²) in [6, 6.07) is 7.97. The molecule has 0 fully saturated rings. The maximum atomic E-state index is 12.2.